The summed E-state index contributed by atoms with van der Waals surface area (Å²) in [6.07, 6.45) is 0. The van der Waals surface area contributed by atoms with Gasteiger partial charge >= 0.3 is 0 Å². The molecule has 0 saturated heterocycles. The normalized spacial score (nSPS) is 11.4. The van der Waals surface area contributed by atoms with E-state index in [9.17, 15) is 12.8 Å². The minimum Gasteiger partial charge on any atom is -0.494 e. The Hall–Kier alpha value is -3.38. The molecule has 2 aromatic carbocycles. The van der Waals surface area contributed by atoms with Crippen LogP contribution in [0.15, 0.2) is 89.8 Å². The monoisotopic (exact) mass is 407 g/mol. The van der Waals surface area contributed by atoms with Crippen LogP contribution < -0.4 is 9.46 Å². The van der Waals surface area contributed by atoms with Gasteiger partial charge in [0.25, 0.3) is 10.0 Å². The van der Waals surface area contributed by atoms with Crippen LogP contribution in [0.3, 0.4) is 0 Å². The van der Waals surface area contributed by atoms with Crippen LogP contribution in [0.25, 0.3) is 22.3 Å². The van der Waals surface area contributed by atoms with Crippen LogP contribution in [0, 0.1) is 5.82 Å². The maximum atomic E-state index is 14.2. The third kappa shape index (κ3) is 3.79. The number of hydrogen-bond acceptors (Lipinski definition) is 3. The van der Waals surface area contributed by atoms with Crippen molar-refractivity contribution in [3.05, 3.63) is 90.7 Å². The van der Waals surface area contributed by atoms with Crippen molar-refractivity contribution in [2.45, 2.75) is 4.90 Å². The standard InChI is InChI=1S/C23H18FNO3S/c1-28-23-12-11-17(14-22(23)24)20-10-6-5-7-16-13-18(15-21(16)20)25-29(26,27)19-8-3-2-4-9-19/h2-15,25H,1H3. The number of fused-ring (bicyclic) bond motifs is 1. The lowest BCUT2D eigenvalue weighted by Gasteiger charge is -2.07. The van der Waals surface area contributed by atoms with Crippen LogP contribution in [0.2, 0.25) is 0 Å². The van der Waals surface area contributed by atoms with E-state index < -0.39 is 15.8 Å². The van der Waals surface area contributed by atoms with Crippen molar-refractivity contribution in [3.8, 4) is 28.0 Å². The van der Waals surface area contributed by atoms with E-state index in [0.717, 1.165) is 16.7 Å². The molecule has 4 nitrogen and oxygen atoms in total. The van der Waals surface area contributed by atoms with Crippen molar-refractivity contribution in [1.82, 2.24) is 0 Å². The molecule has 0 bridgehead atoms. The van der Waals surface area contributed by atoms with E-state index in [0.29, 0.717) is 11.3 Å². The number of benzene rings is 2. The summed E-state index contributed by atoms with van der Waals surface area (Å²) < 4.78 is 47.1. The summed E-state index contributed by atoms with van der Waals surface area (Å²) >= 11 is 0. The molecule has 4 rings (SSSR count). The van der Waals surface area contributed by atoms with Crippen LogP contribution >= 0.6 is 0 Å². The van der Waals surface area contributed by atoms with Gasteiger partial charge in [-0.3, -0.25) is 4.72 Å². The van der Waals surface area contributed by atoms with Crippen molar-refractivity contribution in [2.24, 2.45) is 0 Å². The first-order valence-corrected chi connectivity index (χ1v) is 10.4. The highest BCUT2D eigenvalue weighted by Gasteiger charge is 2.18. The minimum absolute atomic E-state index is 0.170. The van der Waals surface area contributed by atoms with Gasteiger partial charge in [0, 0.05) is 0 Å². The molecule has 0 fully saturated rings. The van der Waals surface area contributed by atoms with Crippen molar-refractivity contribution in [3.63, 3.8) is 0 Å². The quantitative estimate of drug-likeness (QED) is 0.481. The average molecular weight is 407 g/mol. The van der Waals surface area contributed by atoms with Crippen LogP contribution in [0.1, 0.15) is 0 Å². The van der Waals surface area contributed by atoms with Gasteiger partial charge in [-0.1, -0.05) is 48.5 Å². The minimum atomic E-state index is -3.70. The van der Waals surface area contributed by atoms with Gasteiger partial charge in [0.05, 0.1) is 17.7 Å². The molecular formula is C23H18FNO3S. The Morgan fingerprint density at radius 3 is 2.21 bits per heavy atom. The Morgan fingerprint density at radius 1 is 0.793 bits per heavy atom. The Morgan fingerprint density at radius 2 is 1.48 bits per heavy atom. The fourth-order valence-corrected chi connectivity index (χ4v) is 4.32. The van der Waals surface area contributed by atoms with Crippen molar-refractivity contribution in [1.29, 1.82) is 0 Å². The van der Waals surface area contributed by atoms with Gasteiger partial charge in [-0.05, 0) is 58.7 Å². The molecule has 6 heteroatoms. The Bertz CT molecular complexity index is 1240. The van der Waals surface area contributed by atoms with Gasteiger partial charge in [0.1, 0.15) is 0 Å². The zero-order valence-electron chi connectivity index (χ0n) is 15.6. The summed E-state index contributed by atoms with van der Waals surface area (Å²) in [5.41, 5.74) is 3.56. The maximum Gasteiger partial charge on any atom is 0.261 e. The third-order valence-corrected chi connectivity index (χ3v) is 6.03. The van der Waals surface area contributed by atoms with E-state index in [1.165, 1.54) is 25.3 Å². The predicted octanol–water partition coefficient (Wildman–Crippen LogP) is 5.41. The highest BCUT2D eigenvalue weighted by Crippen LogP contribution is 2.38. The van der Waals surface area contributed by atoms with E-state index in [1.807, 2.05) is 24.3 Å². The van der Waals surface area contributed by atoms with E-state index in [4.69, 9.17) is 4.74 Å². The lowest BCUT2D eigenvalue weighted by atomic mass is 10.00. The number of halogens is 1. The molecular weight excluding hydrogens is 389 g/mol. The molecule has 2 aromatic rings. The molecule has 0 heterocycles. The molecule has 1 N–H and O–H groups in total. The summed E-state index contributed by atoms with van der Waals surface area (Å²) in [4.78, 5) is 0.188. The largest absolute Gasteiger partial charge is 0.494 e. The van der Waals surface area contributed by atoms with Crippen LogP contribution in [-0.2, 0) is 10.0 Å². The van der Waals surface area contributed by atoms with Gasteiger partial charge in [-0.15, -0.1) is 0 Å². The molecule has 146 valence electrons. The zero-order chi connectivity index (χ0) is 20.4. The second-order valence-electron chi connectivity index (χ2n) is 6.51. The molecule has 0 atom stereocenters. The summed E-state index contributed by atoms with van der Waals surface area (Å²) in [6.45, 7) is 0. The number of anilines is 1. The lowest BCUT2D eigenvalue weighted by Crippen LogP contribution is -2.12. The number of rotatable bonds is 5. The first kappa shape index (κ1) is 19.0. The van der Waals surface area contributed by atoms with Crippen LogP contribution in [0.4, 0.5) is 10.1 Å². The fraction of sp³-hybridized carbons (Fsp3) is 0.0435. The Labute approximate surface area is 169 Å². The number of nitrogens with one attached hydrogen (secondary N) is 1. The first-order valence-electron chi connectivity index (χ1n) is 8.92. The molecule has 2 aliphatic rings. The lowest BCUT2D eigenvalue weighted by molar-refractivity contribution is 0.386. The van der Waals surface area contributed by atoms with Gasteiger partial charge < -0.3 is 4.74 Å². The van der Waals surface area contributed by atoms with Crippen molar-refractivity contribution >= 4 is 15.7 Å². The predicted molar refractivity (Wildman–Crippen MR) is 112 cm³/mol. The Balaban J connectivity index is 1.77. The SMILES string of the molecule is COc1ccc(-c2ccccc3cc(NS(=O)(=O)c4ccccc4)cc2-3)cc1F. The maximum absolute atomic E-state index is 14.2. The van der Waals surface area contributed by atoms with E-state index >= 15 is 0 Å². The number of methoxy groups -OCH3 is 1. The first-order chi connectivity index (χ1) is 14.0. The zero-order valence-corrected chi connectivity index (χ0v) is 16.4. The molecule has 0 aromatic heterocycles. The number of hydrogen-bond donors (Lipinski definition) is 1. The highest BCUT2D eigenvalue weighted by atomic mass is 32.2. The third-order valence-electron chi connectivity index (χ3n) is 4.63. The smallest absolute Gasteiger partial charge is 0.261 e. The highest BCUT2D eigenvalue weighted by molar-refractivity contribution is 7.92. The molecule has 29 heavy (non-hydrogen) atoms. The van der Waals surface area contributed by atoms with E-state index in [-0.39, 0.29) is 10.6 Å². The number of sulfonamides is 1. The second-order valence-corrected chi connectivity index (χ2v) is 8.20. The fourth-order valence-electron chi connectivity index (χ4n) is 3.26. The average Bonchev–Trinajstić information content (AvgIpc) is 2.99. The topological polar surface area (TPSA) is 55.4 Å². The second kappa shape index (κ2) is 7.56. The molecule has 0 amide bonds. The summed E-state index contributed by atoms with van der Waals surface area (Å²) in [7, 11) is -2.28. The van der Waals surface area contributed by atoms with Gasteiger partial charge in [0.15, 0.2) is 11.6 Å². The molecule has 2 aliphatic carbocycles. The molecule has 0 aliphatic heterocycles. The molecule has 0 radical (unpaired) electrons. The summed E-state index contributed by atoms with van der Waals surface area (Å²) in [6, 6.07) is 24.0. The molecule has 0 spiro atoms. The van der Waals surface area contributed by atoms with Crippen LogP contribution in [0.5, 0.6) is 5.75 Å². The molecule has 0 saturated carbocycles. The van der Waals surface area contributed by atoms with Crippen molar-refractivity contribution < 1.29 is 17.5 Å². The van der Waals surface area contributed by atoms with Gasteiger partial charge in [-0.25, -0.2) is 12.8 Å². The van der Waals surface area contributed by atoms with Gasteiger partial charge in [-0.2, -0.15) is 0 Å². The summed E-state index contributed by atoms with van der Waals surface area (Å²) in [5, 5.41) is 0. The van der Waals surface area contributed by atoms with Crippen LogP contribution in [-0.4, -0.2) is 15.5 Å². The van der Waals surface area contributed by atoms with E-state index in [1.54, 1.807) is 42.5 Å². The number of ether oxygens (including phenoxy) is 1. The molecule has 0 unspecified atom stereocenters. The summed E-state index contributed by atoms with van der Waals surface area (Å²) in [5.74, 6) is -0.287. The Kier molecular flexibility index (Phi) is 4.94. The van der Waals surface area contributed by atoms with Gasteiger partial charge in [0.2, 0.25) is 0 Å². The van der Waals surface area contributed by atoms with E-state index in [2.05, 4.69) is 4.72 Å². The van der Waals surface area contributed by atoms with Crippen molar-refractivity contribution in [2.75, 3.05) is 11.8 Å².